The molecule has 4 rings (SSSR count). The fourth-order valence-electron chi connectivity index (χ4n) is 4.48. The lowest BCUT2D eigenvalue weighted by molar-refractivity contribution is -0.131. The van der Waals surface area contributed by atoms with Crippen LogP contribution in [0, 0.1) is 11.7 Å². The van der Waals surface area contributed by atoms with Crippen LogP contribution in [0.15, 0.2) is 36.7 Å². The fourth-order valence-corrected chi connectivity index (χ4v) is 4.48. The molecular weight excluding hydrogens is 355 g/mol. The molecule has 2 fully saturated rings. The van der Waals surface area contributed by atoms with Gasteiger partial charge in [0.25, 0.3) is 0 Å². The average molecular weight is 384 g/mol. The predicted molar refractivity (Wildman–Crippen MR) is 108 cm³/mol. The maximum Gasteiger partial charge on any atom is 0.222 e. The number of carbonyl (C=O) groups is 1. The molecule has 0 N–H and O–H groups in total. The first kappa shape index (κ1) is 19.0. The van der Waals surface area contributed by atoms with Crippen LogP contribution < -0.4 is 4.90 Å². The van der Waals surface area contributed by atoms with E-state index in [4.69, 9.17) is 0 Å². The Bertz CT molecular complexity index is 791. The van der Waals surface area contributed by atoms with E-state index in [0.717, 1.165) is 31.4 Å². The van der Waals surface area contributed by atoms with Gasteiger partial charge in [0.2, 0.25) is 11.9 Å². The summed E-state index contributed by atoms with van der Waals surface area (Å²) in [5.41, 5.74) is 0.501. The zero-order valence-electron chi connectivity index (χ0n) is 16.4. The summed E-state index contributed by atoms with van der Waals surface area (Å²) in [7, 11) is 0. The number of hydrogen-bond donors (Lipinski definition) is 0. The molecule has 5 nitrogen and oxygen atoms in total. The summed E-state index contributed by atoms with van der Waals surface area (Å²) in [6.07, 6.45) is 11.8. The Morgan fingerprint density at radius 3 is 2.57 bits per heavy atom. The zero-order chi connectivity index (χ0) is 19.3. The van der Waals surface area contributed by atoms with Crippen molar-refractivity contribution in [1.82, 2.24) is 14.5 Å². The quantitative estimate of drug-likeness (QED) is 0.782. The number of imidazole rings is 1. The first-order valence-corrected chi connectivity index (χ1v) is 10.5. The summed E-state index contributed by atoms with van der Waals surface area (Å²) in [6.45, 7) is 2.85. The summed E-state index contributed by atoms with van der Waals surface area (Å²) in [6, 6.07) is 6.73. The second-order valence-electron chi connectivity index (χ2n) is 7.96. The van der Waals surface area contributed by atoms with E-state index in [9.17, 15) is 9.18 Å². The van der Waals surface area contributed by atoms with Gasteiger partial charge in [0.15, 0.2) is 0 Å². The maximum atomic E-state index is 14.2. The van der Waals surface area contributed by atoms with E-state index < -0.39 is 0 Å². The number of anilines is 1. The van der Waals surface area contributed by atoms with Crippen LogP contribution in [-0.4, -0.2) is 46.5 Å². The summed E-state index contributed by atoms with van der Waals surface area (Å²) in [5, 5.41) is 0. The van der Waals surface area contributed by atoms with Crippen molar-refractivity contribution in [3.8, 4) is 5.69 Å². The van der Waals surface area contributed by atoms with Gasteiger partial charge in [-0.15, -0.1) is 0 Å². The average Bonchev–Trinajstić information content (AvgIpc) is 3.23. The molecule has 1 amide bonds. The molecule has 28 heavy (non-hydrogen) atoms. The third kappa shape index (κ3) is 4.21. The molecular formula is C22H29FN4O. The largest absolute Gasteiger partial charge is 0.339 e. The van der Waals surface area contributed by atoms with Crippen molar-refractivity contribution in [2.45, 2.75) is 44.9 Å². The SMILES string of the molecule is O=C(CCC1CCCCC1)N1CCN(c2nccn2-c2ccccc2F)CC1. The first-order chi connectivity index (χ1) is 13.7. The van der Waals surface area contributed by atoms with E-state index >= 15 is 0 Å². The molecule has 1 saturated heterocycles. The van der Waals surface area contributed by atoms with E-state index in [0.29, 0.717) is 25.2 Å². The molecule has 0 bridgehead atoms. The molecule has 0 spiro atoms. The highest BCUT2D eigenvalue weighted by molar-refractivity contribution is 5.76. The number of halogens is 1. The number of benzene rings is 1. The lowest BCUT2D eigenvalue weighted by Gasteiger charge is -2.36. The molecule has 1 aliphatic carbocycles. The van der Waals surface area contributed by atoms with Gasteiger partial charge in [0, 0.05) is 45.0 Å². The number of carbonyl (C=O) groups excluding carboxylic acids is 1. The van der Waals surface area contributed by atoms with Crippen LogP contribution in [0.25, 0.3) is 5.69 Å². The number of para-hydroxylation sites is 1. The molecule has 0 atom stereocenters. The molecule has 2 aromatic rings. The second kappa shape index (κ2) is 8.76. The van der Waals surface area contributed by atoms with Crippen LogP contribution in [0.2, 0.25) is 0 Å². The first-order valence-electron chi connectivity index (χ1n) is 10.5. The molecule has 0 unspecified atom stereocenters. The fraction of sp³-hybridized carbons (Fsp3) is 0.545. The Morgan fingerprint density at radius 1 is 1.07 bits per heavy atom. The maximum absolute atomic E-state index is 14.2. The van der Waals surface area contributed by atoms with Crippen molar-refractivity contribution in [2.24, 2.45) is 5.92 Å². The number of nitrogens with zero attached hydrogens (tertiary/aromatic N) is 4. The van der Waals surface area contributed by atoms with Crippen molar-refractivity contribution >= 4 is 11.9 Å². The van der Waals surface area contributed by atoms with Gasteiger partial charge in [-0.1, -0.05) is 44.2 Å². The number of aromatic nitrogens is 2. The third-order valence-corrected chi connectivity index (χ3v) is 6.14. The summed E-state index contributed by atoms with van der Waals surface area (Å²) >= 11 is 0. The molecule has 6 heteroatoms. The highest BCUT2D eigenvalue weighted by Crippen LogP contribution is 2.28. The Labute approximate surface area is 166 Å². The van der Waals surface area contributed by atoms with Gasteiger partial charge in [-0.05, 0) is 24.5 Å². The highest BCUT2D eigenvalue weighted by atomic mass is 19.1. The Balaban J connectivity index is 1.33. The lowest BCUT2D eigenvalue weighted by atomic mass is 9.86. The van der Waals surface area contributed by atoms with Crippen LogP contribution in [0.1, 0.15) is 44.9 Å². The van der Waals surface area contributed by atoms with E-state index in [1.54, 1.807) is 29.1 Å². The van der Waals surface area contributed by atoms with Gasteiger partial charge in [0.1, 0.15) is 5.82 Å². The second-order valence-corrected chi connectivity index (χ2v) is 7.96. The minimum absolute atomic E-state index is 0.265. The summed E-state index contributed by atoms with van der Waals surface area (Å²) in [4.78, 5) is 21.2. The molecule has 2 aliphatic rings. The van der Waals surface area contributed by atoms with Crippen LogP contribution in [-0.2, 0) is 4.79 Å². The van der Waals surface area contributed by atoms with E-state index in [1.165, 1.54) is 38.2 Å². The molecule has 1 aliphatic heterocycles. The molecule has 0 radical (unpaired) electrons. The van der Waals surface area contributed by atoms with Crippen LogP contribution in [0.5, 0.6) is 0 Å². The van der Waals surface area contributed by atoms with Crippen molar-refractivity contribution < 1.29 is 9.18 Å². The van der Waals surface area contributed by atoms with Crippen molar-refractivity contribution in [1.29, 1.82) is 0 Å². The number of hydrogen-bond acceptors (Lipinski definition) is 3. The standard InChI is InChI=1S/C22H29FN4O/c23-19-8-4-5-9-20(19)27-13-12-24-22(27)26-16-14-25(15-17-26)21(28)11-10-18-6-2-1-3-7-18/h4-5,8-9,12-13,18H,1-3,6-7,10-11,14-17H2. The van der Waals surface area contributed by atoms with Gasteiger partial charge >= 0.3 is 0 Å². The predicted octanol–water partition coefficient (Wildman–Crippen LogP) is 4.02. The topological polar surface area (TPSA) is 41.4 Å². The van der Waals surface area contributed by atoms with Crippen LogP contribution in [0.4, 0.5) is 10.3 Å². The van der Waals surface area contributed by atoms with E-state index in [2.05, 4.69) is 9.88 Å². The van der Waals surface area contributed by atoms with Crippen LogP contribution in [0.3, 0.4) is 0 Å². The van der Waals surface area contributed by atoms with Gasteiger partial charge in [-0.25, -0.2) is 9.37 Å². The van der Waals surface area contributed by atoms with Crippen molar-refractivity contribution in [3.63, 3.8) is 0 Å². The molecule has 150 valence electrons. The third-order valence-electron chi connectivity index (χ3n) is 6.14. The molecule has 2 heterocycles. The van der Waals surface area contributed by atoms with Crippen molar-refractivity contribution in [2.75, 3.05) is 31.1 Å². The normalized spacial score (nSPS) is 18.5. The Morgan fingerprint density at radius 2 is 1.82 bits per heavy atom. The summed E-state index contributed by atoms with van der Waals surface area (Å²) < 4.78 is 16.0. The van der Waals surface area contributed by atoms with Gasteiger partial charge in [-0.2, -0.15) is 0 Å². The minimum atomic E-state index is -0.265. The molecule has 1 saturated carbocycles. The Kier molecular flexibility index (Phi) is 5.93. The number of amides is 1. The van der Waals surface area contributed by atoms with Crippen LogP contribution >= 0.6 is 0 Å². The van der Waals surface area contributed by atoms with Crippen molar-refractivity contribution in [3.05, 3.63) is 42.5 Å². The monoisotopic (exact) mass is 384 g/mol. The smallest absolute Gasteiger partial charge is 0.222 e. The molecule has 1 aromatic carbocycles. The van der Waals surface area contributed by atoms with E-state index in [-0.39, 0.29) is 11.7 Å². The highest BCUT2D eigenvalue weighted by Gasteiger charge is 2.25. The Hall–Kier alpha value is -2.37. The minimum Gasteiger partial charge on any atom is -0.339 e. The van der Waals surface area contributed by atoms with Gasteiger partial charge in [-0.3, -0.25) is 9.36 Å². The van der Waals surface area contributed by atoms with Gasteiger partial charge in [0.05, 0.1) is 5.69 Å². The number of piperazine rings is 1. The van der Waals surface area contributed by atoms with E-state index in [1.807, 2.05) is 11.0 Å². The lowest BCUT2D eigenvalue weighted by Crippen LogP contribution is -2.49. The zero-order valence-corrected chi connectivity index (χ0v) is 16.4. The summed E-state index contributed by atoms with van der Waals surface area (Å²) in [5.74, 6) is 1.49. The number of rotatable bonds is 5. The van der Waals surface area contributed by atoms with Gasteiger partial charge < -0.3 is 9.80 Å². The molecule has 1 aromatic heterocycles.